The average Bonchev–Trinajstić information content (AvgIpc) is 2.82. The molecule has 0 spiro atoms. The number of aliphatic carboxylic acids is 1. The molecule has 0 saturated carbocycles. The van der Waals surface area contributed by atoms with E-state index in [9.17, 15) is 43.9 Å². The van der Waals surface area contributed by atoms with E-state index < -0.39 is 58.6 Å². The number of carbonyl (C=O) groups is 1. The van der Waals surface area contributed by atoms with E-state index in [0.29, 0.717) is 24.0 Å². The Hall–Kier alpha value is -3.14. The monoisotopic (exact) mass is 558 g/mol. The maximum Gasteiger partial charge on any atom is 0.446 e. The summed E-state index contributed by atoms with van der Waals surface area (Å²) in [4.78, 5) is 11.3. The Morgan fingerprint density at radius 1 is 0.895 bits per heavy atom. The Kier molecular flexibility index (Phi) is 9.07. The number of aliphatic hydroxyl groups excluding tert-OH is 3. The standard InChI is InChI=1S/C24H30O13S/c1-11(12(2)8-14-4-6-16(26)18(10-14)37-38(32,33)34)7-13-3-5-15(25)17(9-13)35-24-21(29)19(27)20(28)22(36-24)23(30)31/h3-6,9-12,19-22,24-29H,7-8H2,1-2H3,(H,30,31)(H,32,33,34)/t11?,12?,19-,20-,21+,22-,24+/m1/s1. The highest BCUT2D eigenvalue weighted by atomic mass is 32.3. The van der Waals surface area contributed by atoms with Gasteiger partial charge in [0.05, 0.1) is 0 Å². The first-order chi connectivity index (χ1) is 17.7. The van der Waals surface area contributed by atoms with Gasteiger partial charge in [-0.05, 0) is 60.1 Å². The fourth-order valence-electron chi connectivity index (χ4n) is 4.07. The molecule has 38 heavy (non-hydrogen) atoms. The number of ether oxygens (including phenoxy) is 2. The molecular formula is C24H30O13S. The van der Waals surface area contributed by atoms with Crippen molar-refractivity contribution in [3.05, 3.63) is 47.5 Å². The lowest BCUT2D eigenvalue weighted by Crippen LogP contribution is -2.61. The number of phenols is 2. The molecule has 2 aromatic rings. The van der Waals surface area contributed by atoms with Gasteiger partial charge in [-0.2, -0.15) is 8.42 Å². The van der Waals surface area contributed by atoms with Gasteiger partial charge in [0, 0.05) is 0 Å². The predicted octanol–water partition coefficient (Wildman–Crippen LogP) is 0.608. The van der Waals surface area contributed by atoms with Crippen LogP contribution in [0.1, 0.15) is 25.0 Å². The summed E-state index contributed by atoms with van der Waals surface area (Å²) >= 11 is 0. The molecule has 0 aliphatic carbocycles. The Labute approximate surface area is 218 Å². The van der Waals surface area contributed by atoms with Crippen molar-refractivity contribution in [2.45, 2.75) is 57.4 Å². The summed E-state index contributed by atoms with van der Waals surface area (Å²) in [6.07, 6.45) is -8.12. The van der Waals surface area contributed by atoms with Crippen molar-refractivity contribution >= 4 is 16.4 Å². The molecule has 1 heterocycles. The topological polar surface area (TPSA) is 221 Å². The number of carboxylic acids is 1. The van der Waals surface area contributed by atoms with Crippen LogP contribution >= 0.6 is 0 Å². The molecule has 7 atom stereocenters. The van der Waals surface area contributed by atoms with Gasteiger partial charge < -0.3 is 44.3 Å². The van der Waals surface area contributed by atoms with Crippen LogP contribution in [-0.2, 0) is 32.8 Å². The van der Waals surface area contributed by atoms with Gasteiger partial charge in [-0.1, -0.05) is 26.0 Å². The van der Waals surface area contributed by atoms with E-state index >= 15 is 0 Å². The van der Waals surface area contributed by atoms with Gasteiger partial charge in [0.15, 0.2) is 29.1 Å². The lowest BCUT2D eigenvalue weighted by molar-refractivity contribution is -0.271. The summed E-state index contributed by atoms with van der Waals surface area (Å²) in [6.45, 7) is 3.90. The van der Waals surface area contributed by atoms with E-state index in [0.717, 1.165) is 0 Å². The van der Waals surface area contributed by atoms with Gasteiger partial charge in [0.1, 0.15) is 18.3 Å². The normalized spacial score (nSPS) is 25.4. The average molecular weight is 559 g/mol. The second-order valence-electron chi connectivity index (χ2n) is 9.33. The predicted molar refractivity (Wildman–Crippen MR) is 129 cm³/mol. The number of phenolic OH excluding ortho intramolecular Hbond substituents is 2. The second kappa shape index (κ2) is 11.7. The van der Waals surface area contributed by atoms with Crippen molar-refractivity contribution in [3.8, 4) is 23.0 Å². The highest BCUT2D eigenvalue weighted by molar-refractivity contribution is 7.81. The zero-order valence-corrected chi connectivity index (χ0v) is 21.2. The Bertz CT molecular complexity index is 1250. The number of aromatic hydroxyl groups is 2. The summed E-state index contributed by atoms with van der Waals surface area (Å²) < 4.78 is 45.8. The third kappa shape index (κ3) is 7.24. The van der Waals surface area contributed by atoms with Crippen LogP contribution < -0.4 is 8.92 Å². The highest BCUT2D eigenvalue weighted by Gasteiger charge is 2.48. The second-order valence-corrected chi connectivity index (χ2v) is 10.4. The van der Waals surface area contributed by atoms with Gasteiger partial charge in [0.25, 0.3) is 0 Å². The zero-order valence-electron chi connectivity index (χ0n) is 20.4. The molecule has 0 bridgehead atoms. The number of aliphatic hydroxyl groups is 3. The molecule has 2 unspecified atom stereocenters. The van der Waals surface area contributed by atoms with Crippen molar-refractivity contribution < 1.29 is 62.1 Å². The van der Waals surface area contributed by atoms with E-state index in [1.54, 1.807) is 12.1 Å². The molecule has 7 N–H and O–H groups in total. The smallest absolute Gasteiger partial charge is 0.446 e. The van der Waals surface area contributed by atoms with Gasteiger partial charge in [-0.15, -0.1) is 0 Å². The number of rotatable bonds is 10. The van der Waals surface area contributed by atoms with Gasteiger partial charge in [-0.3, -0.25) is 4.55 Å². The van der Waals surface area contributed by atoms with Crippen molar-refractivity contribution in [1.29, 1.82) is 0 Å². The summed E-state index contributed by atoms with van der Waals surface area (Å²) in [6, 6.07) is 8.61. The largest absolute Gasteiger partial charge is 0.504 e. The van der Waals surface area contributed by atoms with Gasteiger partial charge in [-0.25, -0.2) is 4.79 Å². The summed E-state index contributed by atoms with van der Waals surface area (Å²) in [5.74, 6) is -2.83. The van der Waals surface area contributed by atoms with E-state index in [4.69, 9.17) is 14.0 Å². The van der Waals surface area contributed by atoms with Crippen LogP contribution in [0.3, 0.4) is 0 Å². The molecule has 1 aliphatic heterocycles. The fourth-order valence-corrected chi connectivity index (χ4v) is 4.43. The van der Waals surface area contributed by atoms with E-state index in [1.807, 2.05) is 13.8 Å². The Morgan fingerprint density at radius 2 is 1.39 bits per heavy atom. The lowest BCUT2D eigenvalue weighted by Gasteiger charge is -2.38. The minimum absolute atomic E-state index is 0.0211. The maximum atomic E-state index is 11.3. The zero-order chi connectivity index (χ0) is 28.4. The van der Waals surface area contributed by atoms with E-state index in [2.05, 4.69) is 4.18 Å². The number of hydrogen-bond donors (Lipinski definition) is 7. The van der Waals surface area contributed by atoms with Crippen LogP contribution in [0.4, 0.5) is 0 Å². The number of benzene rings is 2. The molecule has 0 aromatic heterocycles. The molecule has 1 fully saturated rings. The number of carboxylic acid groups (broad SMARTS) is 1. The third-order valence-corrected chi connectivity index (χ3v) is 6.78. The van der Waals surface area contributed by atoms with Crippen molar-refractivity contribution in [2.24, 2.45) is 11.8 Å². The Morgan fingerprint density at radius 3 is 1.89 bits per heavy atom. The molecule has 0 radical (unpaired) electrons. The van der Waals surface area contributed by atoms with E-state index in [-0.39, 0.29) is 23.3 Å². The van der Waals surface area contributed by atoms with Crippen molar-refractivity contribution in [3.63, 3.8) is 0 Å². The molecule has 3 rings (SSSR count). The van der Waals surface area contributed by atoms with Gasteiger partial charge in [0.2, 0.25) is 6.29 Å². The van der Waals surface area contributed by atoms with Crippen LogP contribution in [0.15, 0.2) is 36.4 Å². The first kappa shape index (κ1) is 29.4. The summed E-state index contributed by atoms with van der Waals surface area (Å²) in [5.41, 5.74) is 1.35. The summed E-state index contributed by atoms with van der Waals surface area (Å²) in [5, 5.41) is 59.2. The molecule has 14 heteroatoms. The molecular weight excluding hydrogens is 528 g/mol. The van der Waals surface area contributed by atoms with Gasteiger partial charge >= 0.3 is 16.4 Å². The minimum atomic E-state index is -4.81. The molecule has 1 saturated heterocycles. The quantitative estimate of drug-likeness (QED) is 0.199. The van der Waals surface area contributed by atoms with Crippen LogP contribution in [0.2, 0.25) is 0 Å². The number of hydrogen-bond acceptors (Lipinski definition) is 11. The highest BCUT2D eigenvalue weighted by Crippen LogP contribution is 2.34. The molecule has 0 amide bonds. The SMILES string of the molecule is CC(Cc1ccc(O)c(O[C@H]2O[C@@H](C(=O)O)[C@H](O)[C@@H](O)[C@@H]2O)c1)C(C)Cc1ccc(O)c(OS(=O)(=O)O)c1. The lowest BCUT2D eigenvalue weighted by atomic mass is 9.85. The van der Waals surface area contributed by atoms with Crippen LogP contribution in [0, 0.1) is 11.8 Å². The fraction of sp³-hybridized carbons (Fsp3) is 0.458. The molecule has 1 aliphatic rings. The minimum Gasteiger partial charge on any atom is -0.504 e. The first-order valence-corrected chi connectivity index (χ1v) is 12.9. The van der Waals surface area contributed by atoms with Crippen molar-refractivity contribution in [1.82, 2.24) is 0 Å². The summed E-state index contributed by atoms with van der Waals surface area (Å²) in [7, 11) is -4.81. The van der Waals surface area contributed by atoms with Crippen molar-refractivity contribution in [2.75, 3.05) is 0 Å². The Balaban J connectivity index is 1.69. The molecule has 2 aromatic carbocycles. The van der Waals surface area contributed by atoms with Crippen LogP contribution in [0.25, 0.3) is 0 Å². The molecule has 13 nitrogen and oxygen atoms in total. The van der Waals surface area contributed by atoms with Crippen LogP contribution in [-0.4, -0.2) is 80.3 Å². The first-order valence-electron chi connectivity index (χ1n) is 11.6. The van der Waals surface area contributed by atoms with E-state index in [1.165, 1.54) is 24.3 Å². The molecule has 210 valence electrons. The van der Waals surface area contributed by atoms with Crippen LogP contribution in [0.5, 0.6) is 23.0 Å². The maximum absolute atomic E-state index is 11.3. The third-order valence-electron chi connectivity index (χ3n) is 6.39.